The molecule has 162 valence electrons. The molecule has 7 nitrogen and oxygen atoms in total. The van der Waals surface area contributed by atoms with Crippen LogP contribution in [0.4, 0.5) is 5.69 Å². The standard InChI is InChI=1S/C22H31N5O2S/c1-4-20-19(16-24-22(25-20)30-3)21(28)23-10-5-11-26-12-14-27(15-13-26)17-6-8-18(29-2)9-7-17/h6-9,16H,4-5,10-15H2,1-3H3,(H,23,28). The Bertz CT molecular complexity index is 823. The monoisotopic (exact) mass is 429 g/mol. The number of aromatic nitrogens is 2. The number of aryl methyl sites for hydroxylation is 1. The second-order valence-corrected chi connectivity index (χ2v) is 7.98. The van der Waals surface area contributed by atoms with Crippen molar-refractivity contribution in [3.63, 3.8) is 0 Å². The Balaban J connectivity index is 1.38. The van der Waals surface area contributed by atoms with Gasteiger partial charge in [0.15, 0.2) is 5.16 Å². The molecule has 0 unspecified atom stereocenters. The van der Waals surface area contributed by atoms with Crippen LogP contribution in [0.2, 0.25) is 0 Å². The topological polar surface area (TPSA) is 70.6 Å². The largest absolute Gasteiger partial charge is 0.497 e. The maximum Gasteiger partial charge on any atom is 0.254 e. The summed E-state index contributed by atoms with van der Waals surface area (Å²) in [5, 5.41) is 3.73. The van der Waals surface area contributed by atoms with Crippen LogP contribution in [0.25, 0.3) is 0 Å². The van der Waals surface area contributed by atoms with Crippen molar-refractivity contribution in [3.8, 4) is 5.75 Å². The highest BCUT2D eigenvalue weighted by molar-refractivity contribution is 7.98. The fraction of sp³-hybridized carbons (Fsp3) is 0.500. The van der Waals surface area contributed by atoms with Crippen molar-refractivity contribution >= 4 is 23.4 Å². The Morgan fingerprint density at radius 1 is 1.20 bits per heavy atom. The Labute approximate surface area is 183 Å². The number of benzene rings is 1. The molecule has 1 N–H and O–H groups in total. The number of rotatable bonds is 9. The van der Waals surface area contributed by atoms with Gasteiger partial charge in [-0.05, 0) is 49.9 Å². The highest BCUT2D eigenvalue weighted by atomic mass is 32.2. The molecule has 0 radical (unpaired) electrons. The number of carbonyl (C=O) groups is 1. The summed E-state index contributed by atoms with van der Waals surface area (Å²) in [6, 6.07) is 8.25. The lowest BCUT2D eigenvalue weighted by molar-refractivity contribution is 0.0949. The number of carbonyl (C=O) groups excluding carboxylic acids is 1. The third kappa shape index (κ3) is 5.86. The van der Waals surface area contributed by atoms with Gasteiger partial charge in [0.25, 0.3) is 5.91 Å². The molecule has 0 aliphatic carbocycles. The Morgan fingerprint density at radius 2 is 1.93 bits per heavy atom. The molecule has 8 heteroatoms. The first kappa shape index (κ1) is 22.4. The van der Waals surface area contributed by atoms with Crippen molar-refractivity contribution in [2.75, 3.05) is 57.5 Å². The van der Waals surface area contributed by atoms with E-state index in [0.29, 0.717) is 17.3 Å². The van der Waals surface area contributed by atoms with Crippen LogP contribution < -0.4 is 15.0 Å². The van der Waals surface area contributed by atoms with E-state index < -0.39 is 0 Å². The number of nitrogens with zero attached hydrogens (tertiary/aromatic N) is 4. The number of ether oxygens (including phenoxy) is 1. The van der Waals surface area contributed by atoms with Crippen molar-refractivity contribution in [1.29, 1.82) is 0 Å². The summed E-state index contributed by atoms with van der Waals surface area (Å²) in [7, 11) is 1.69. The van der Waals surface area contributed by atoms with E-state index in [1.807, 2.05) is 25.3 Å². The molecular weight excluding hydrogens is 398 g/mol. The number of anilines is 1. The zero-order valence-corrected chi connectivity index (χ0v) is 18.9. The predicted molar refractivity (Wildman–Crippen MR) is 122 cm³/mol. The molecule has 1 aliphatic rings. The van der Waals surface area contributed by atoms with Gasteiger partial charge < -0.3 is 15.0 Å². The van der Waals surface area contributed by atoms with Gasteiger partial charge in [0, 0.05) is 44.6 Å². The molecule has 1 amide bonds. The lowest BCUT2D eigenvalue weighted by atomic mass is 10.2. The normalized spacial score (nSPS) is 14.6. The van der Waals surface area contributed by atoms with Gasteiger partial charge in [0.2, 0.25) is 0 Å². The zero-order valence-electron chi connectivity index (χ0n) is 18.1. The molecule has 2 heterocycles. The van der Waals surface area contributed by atoms with Gasteiger partial charge in [-0.25, -0.2) is 9.97 Å². The average molecular weight is 430 g/mol. The first-order valence-corrected chi connectivity index (χ1v) is 11.7. The maximum atomic E-state index is 12.5. The third-order valence-corrected chi connectivity index (χ3v) is 5.92. The quantitative estimate of drug-likeness (QED) is 0.373. The molecule has 1 fully saturated rings. The molecule has 1 aromatic heterocycles. The summed E-state index contributed by atoms with van der Waals surface area (Å²) in [5.41, 5.74) is 2.63. The molecule has 0 spiro atoms. The molecule has 3 rings (SSSR count). The van der Waals surface area contributed by atoms with Crippen LogP contribution in [0.5, 0.6) is 5.75 Å². The van der Waals surface area contributed by atoms with Crippen LogP contribution in [0, 0.1) is 0 Å². The number of hydrogen-bond donors (Lipinski definition) is 1. The average Bonchev–Trinajstić information content (AvgIpc) is 2.81. The van der Waals surface area contributed by atoms with Crippen LogP contribution in [-0.4, -0.2) is 73.4 Å². The van der Waals surface area contributed by atoms with Gasteiger partial charge in [-0.3, -0.25) is 9.69 Å². The minimum atomic E-state index is -0.0798. The van der Waals surface area contributed by atoms with Gasteiger partial charge >= 0.3 is 0 Å². The molecule has 1 aromatic carbocycles. The molecule has 0 atom stereocenters. The van der Waals surface area contributed by atoms with Crippen LogP contribution in [0.15, 0.2) is 35.6 Å². The van der Waals surface area contributed by atoms with E-state index >= 15 is 0 Å². The second kappa shape index (κ2) is 11.2. The second-order valence-electron chi connectivity index (χ2n) is 7.21. The van der Waals surface area contributed by atoms with E-state index in [9.17, 15) is 4.79 Å². The van der Waals surface area contributed by atoms with E-state index in [0.717, 1.165) is 57.0 Å². The van der Waals surface area contributed by atoms with E-state index in [1.165, 1.54) is 17.4 Å². The van der Waals surface area contributed by atoms with E-state index in [4.69, 9.17) is 4.74 Å². The molecule has 1 aliphatic heterocycles. The minimum Gasteiger partial charge on any atom is -0.497 e. The number of hydrogen-bond acceptors (Lipinski definition) is 7. The van der Waals surface area contributed by atoms with Crippen molar-refractivity contribution in [3.05, 3.63) is 41.7 Å². The summed E-state index contributed by atoms with van der Waals surface area (Å²) >= 11 is 1.49. The highest BCUT2D eigenvalue weighted by Gasteiger charge is 2.17. The Kier molecular flexibility index (Phi) is 8.33. The highest BCUT2D eigenvalue weighted by Crippen LogP contribution is 2.20. The number of amides is 1. The summed E-state index contributed by atoms with van der Waals surface area (Å²) in [6.07, 6.45) is 5.23. The molecular formula is C22H31N5O2S. The Hall–Kier alpha value is -2.32. The van der Waals surface area contributed by atoms with Crippen LogP contribution in [-0.2, 0) is 6.42 Å². The number of piperazine rings is 1. The first-order valence-electron chi connectivity index (χ1n) is 10.4. The Morgan fingerprint density at radius 3 is 2.57 bits per heavy atom. The third-order valence-electron chi connectivity index (χ3n) is 5.35. The minimum absolute atomic E-state index is 0.0798. The first-order chi connectivity index (χ1) is 14.6. The van der Waals surface area contributed by atoms with Crippen LogP contribution in [0.3, 0.4) is 0 Å². The fourth-order valence-electron chi connectivity index (χ4n) is 3.58. The van der Waals surface area contributed by atoms with Gasteiger partial charge in [-0.1, -0.05) is 18.7 Å². The SMILES string of the molecule is CCc1nc(SC)ncc1C(=O)NCCCN1CCN(c2ccc(OC)cc2)CC1. The van der Waals surface area contributed by atoms with Gasteiger partial charge in [-0.15, -0.1) is 0 Å². The van der Waals surface area contributed by atoms with Crippen molar-refractivity contribution in [1.82, 2.24) is 20.2 Å². The lowest BCUT2D eigenvalue weighted by Crippen LogP contribution is -2.47. The predicted octanol–water partition coefficient (Wildman–Crippen LogP) is 2.71. The van der Waals surface area contributed by atoms with E-state index in [1.54, 1.807) is 13.3 Å². The van der Waals surface area contributed by atoms with Gasteiger partial charge in [-0.2, -0.15) is 0 Å². The molecule has 1 saturated heterocycles. The zero-order chi connectivity index (χ0) is 21.3. The summed E-state index contributed by atoms with van der Waals surface area (Å²) in [4.78, 5) is 26.0. The molecule has 2 aromatic rings. The van der Waals surface area contributed by atoms with Gasteiger partial charge in [0.1, 0.15) is 5.75 Å². The molecule has 0 bridgehead atoms. The van der Waals surface area contributed by atoms with Gasteiger partial charge in [0.05, 0.1) is 18.4 Å². The summed E-state index contributed by atoms with van der Waals surface area (Å²) in [5.74, 6) is 0.807. The van der Waals surface area contributed by atoms with E-state index in [2.05, 4.69) is 37.2 Å². The summed E-state index contributed by atoms with van der Waals surface area (Å²) < 4.78 is 5.23. The van der Waals surface area contributed by atoms with E-state index in [-0.39, 0.29) is 5.91 Å². The van der Waals surface area contributed by atoms with Crippen LogP contribution >= 0.6 is 11.8 Å². The van der Waals surface area contributed by atoms with Crippen LogP contribution in [0.1, 0.15) is 29.4 Å². The van der Waals surface area contributed by atoms with Crippen molar-refractivity contribution in [2.24, 2.45) is 0 Å². The number of methoxy groups -OCH3 is 1. The smallest absolute Gasteiger partial charge is 0.254 e. The molecule has 0 saturated carbocycles. The number of nitrogens with one attached hydrogen (secondary N) is 1. The summed E-state index contributed by atoms with van der Waals surface area (Å²) in [6.45, 7) is 7.74. The molecule has 30 heavy (non-hydrogen) atoms. The fourth-order valence-corrected chi connectivity index (χ4v) is 3.94. The number of thioether (sulfide) groups is 1. The van der Waals surface area contributed by atoms with Crippen molar-refractivity contribution < 1.29 is 9.53 Å². The van der Waals surface area contributed by atoms with Crippen molar-refractivity contribution in [2.45, 2.75) is 24.9 Å². The maximum absolute atomic E-state index is 12.5. The lowest BCUT2D eigenvalue weighted by Gasteiger charge is -2.36.